The van der Waals surface area contributed by atoms with Gasteiger partial charge in [-0.2, -0.15) is 0 Å². The molecule has 0 aromatic carbocycles. The van der Waals surface area contributed by atoms with E-state index in [1.807, 2.05) is 11.3 Å². The van der Waals surface area contributed by atoms with Crippen molar-refractivity contribution in [3.63, 3.8) is 0 Å². The van der Waals surface area contributed by atoms with Gasteiger partial charge in [0.1, 0.15) is 0 Å². The molecule has 1 aliphatic carbocycles. The van der Waals surface area contributed by atoms with Gasteiger partial charge < -0.3 is 10.6 Å². The molecule has 0 radical (unpaired) electrons. The van der Waals surface area contributed by atoms with Crippen LogP contribution in [0.1, 0.15) is 24.1 Å². The van der Waals surface area contributed by atoms with Crippen LogP contribution in [0.2, 0.25) is 0 Å². The molecule has 2 N–H and O–H groups in total. The summed E-state index contributed by atoms with van der Waals surface area (Å²) in [5.41, 5.74) is 6.22. The Morgan fingerprint density at radius 1 is 1.56 bits per heavy atom. The zero-order chi connectivity index (χ0) is 11.6. The minimum absolute atomic E-state index is 0.554. The van der Waals surface area contributed by atoms with E-state index in [0.29, 0.717) is 5.41 Å². The molecule has 1 fully saturated rings. The highest BCUT2D eigenvalue weighted by molar-refractivity contribution is 9.10. The van der Waals surface area contributed by atoms with Gasteiger partial charge in [-0.1, -0.05) is 0 Å². The van der Waals surface area contributed by atoms with Gasteiger partial charge in [-0.3, -0.25) is 0 Å². The van der Waals surface area contributed by atoms with Gasteiger partial charge in [-0.15, -0.1) is 11.3 Å². The fourth-order valence-corrected chi connectivity index (χ4v) is 3.83. The molecule has 0 amide bonds. The van der Waals surface area contributed by atoms with E-state index in [1.54, 1.807) is 0 Å². The lowest BCUT2D eigenvalue weighted by Crippen LogP contribution is -2.27. The van der Waals surface area contributed by atoms with Crippen LogP contribution in [0.25, 0.3) is 0 Å². The van der Waals surface area contributed by atoms with Crippen LogP contribution in [-0.2, 0) is 6.54 Å². The average Bonchev–Trinajstić information content (AvgIpc) is 2.82. The van der Waals surface area contributed by atoms with Gasteiger partial charge >= 0.3 is 0 Å². The highest BCUT2D eigenvalue weighted by Gasteiger charge is 2.42. The smallest absolute Gasteiger partial charge is 0.0325 e. The van der Waals surface area contributed by atoms with E-state index >= 15 is 0 Å². The molecule has 1 aromatic heterocycles. The normalized spacial score (nSPS) is 18.0. The Kier molecular flexibility index (Phi) is 4.06. The Morgan fingerprint density at radius 2 is 2.31 bits per heavy atom. The first-order valence-corrected chi connectivity index (χ1v) is 7.42. The highest BCUT2D eigenvalue weighted by Crippen LogP contribution is 2.49. The summed E-state index contributed by atoms with van der Waals surface area (Å²) in [4.78, 5) is 3.86. The number of hydrogen-bond acceptors (Lipinski definition) is 3. The molecule has 2 nitrogen and oxygen atoms in total. The monoisotopic (exact) mass is 302 g/mol. The molecule has 0 spiro atoms. The molecule has 4 heteroatoms. The minimum Gasteiger partial charge on any atom is -0.330 e. The lowest BCUT2D eigenvalue weighted by atomic mass is 10.0. The van der Waals surface area contributed by atoms with Crippen LogP contribution in [0.4, 0.5) is 0 Å². The Bertz CT molecular complexity index is 347. The van der Waals surface area contributed by atoms with Gasteiger partial charge in [0, 0.05) is 27.8 Å². The number of nitrogens with two attached hydrogens (primary N) is 1. The molecule has 1 aliphatic rings. The maximum atomic E-state index is 5.66. The topological polar surface area (TPSA) is 29.3 Å². The zero-order valence-corrected chi connectivity index (χ0v) is 12.1. The second kappa shape index (κ2) is 5.17. The molecule has 0 saturated heterocycles. The van der Waals surface area contributed by atoms with Crippen molar-refractivity contribution in [3.05, 3.63) is 20.8 Å². The third-order valence-corrected chi connectivity index (χ3v) is 4.97. The third-order valence-electron chi connectivity index (χ3n) is 3.28. The van der Waals surface area contributed by atoms with E-state index < -0.39 is 0 Å². The van der Waals surface area contributed by atoms with E-state index in [0.717, 1.165) is 13.1 Å². The van der Waals surface area contributed by atoms with Crippen LogP contribution in [0.3, 0.4) is 0 Å². The molecule has 16 heavy (non-hydrogen) atoms. The van der Waals surface area contributed by atoms with Gasteiger partial charge in [0.25, 0.3) is 0 Å². The molecule has 1 aromatic rings. The second-order valence-corrected chi connectivity index (χ2v) is 6.85. The molecular formula is C12H19BrN2S. The summed E-state index contributed by atoms with van der Waals surface area (Å²) in [5.74, 6) is 0. The summed E-state index contributed by atoms with van der Waals surface area (Å²) in [6, 6.07) is 2.21. The summed E-state index contributed by atoms with van der Waals surface area (Å²) >= 11 is 5.32. The van der Waals surface area contributed by atoms with Crippen molar-refractivity contribution in [2.45, 2.75) is 25.8 Å². The molecule has 1 heterocycles. The maximum absolute atomic E-state index is 5.66. The summed E-state index contributed by atoms with van der Waals surface area (Å²) < 4.78 is 1.20. The van der Waals surface area contributed by atoms with Crippen LogP contribution in [0.5, 0.6) is 0 Å². The van der Waals surface area contributed by atoms with E-state index in [9.17, 15) is 0 Å². The van der Waals surface area contributed by atoms with E-state index in [4.69, 9.17) is 5.73 Å². The summed E-state index contributed by atoms with van der Waals surface area (Å²) in [7, 11) is 2.21. The molecule has 2 rings (SSSR count). The van der Waals surface area contributed by atoms with Crippen LogP contribution in [0, 0.1) is 5.41 Å². The molecule has 1 saturated carbocycles. The number of halogens is 1. The number of nitrogens with zero attached hydrogens (tertiary/aromatic N) is 1. The van der Waals surface area contributed by atoms with Crippen molar-refractivity contribution >= 4 is 27.3 Å². The van der Waals surface area contributed by atoms with Gasteiger partial charge in [0.15, 0.2) is 0 Å². The number of hydrogen-bond donors (Lipinski definition) is 1. The fraction of sp³-hybridized carbons (Fsp3) is 0.667. The Morgan fingerprint density at radius 3 is 2.81 bits per heavy atom. The van der Waals surface area contributed by atoms with Crippen LogP contribution >= 0.6 is 27.3 Å². The SMILES string of the molecule is CN(Cc1cc(Br)cs1)CC1(CCN)CC1. The lowest BCUT2D eigenvalue weighted by molar-refractivity contribution is 0.250. The first-order chi connectivity index (χ1) is 7.63. The van der Waals surface area contributed by atoms with Crippen molar-refractivity contribution in [2.75, 3.05) is 20.1 Å². The molecule has 0 bridgehead atoms. The van der Waals surface area contributed by atoms with Crippen LogP contribution in [-0.4, -0.2) is 25.0 Å². The zero-order valence-electron chi connectivity index (χ0n) is 9.71. The Labute approximate surface area is 110 Å². The Hall–Kier alpha value is 0.1000. The molecule has 0 unspecified atom stereocenters. The third kappa shape index (κ3) is 3.29. The summed E-state index contributed by atoms with van der Waals surface area (Å²) in [6.07, 6.45) is 3.91. The highest BCUT2D eigenvalue weighted by atomic mass is 79.9. The predicted molar refractivity (Wildman–Crippen MR) is 73.7 cm³/mol. The lowest BCUT2D eigenvalue weighted by Gasteiger charge is -2.22. The minimum atomic E-state index is 0.554. The van der Waals surface area contributed by atoms with Crippen LogP contribution < -0.4 is 5.73 Å². The quantitative estimate of drug-likeness (QED) is 0.875. The first-order valence-electron chi connectivity index (χ1n) is 5.75. The molecule has 0 aliphatic heterocycles. The number of rotatable bonds is 6. The Balaban J connectivity index is 1.82. The van der Waals surface area contributed by atoms with Crippen molar-refractivity contribution < 1.29 is 0 Å². The number of thiophene rings is 1. The largest absolute Gasteiger partial charge is 0.330 e. The van der Waals surface area contributed by atoms with E-state index in [-0.39, 0.29) is 0 Å². The van der Waals surface area contributed by atoms with E-state index in [1.165, 1.54) is 35.2 Å². The fourth-order valence-electron chi connectivity index (χ4n) is 2.30. The van der Waals surface area contributed by atoms with Gasteiger partial charge in [0.2, 0.25) is 0 Å². The standard InChI is InChI=1S/C12H19BrN2S/c1-15(7-11-6-10(13)8-16-11)9-12(2-3-12)4-5-14/h6,8H,2-5,7,9,14H2,1H3. The molecule has 0 atom stereocenters. The average molecular weight is 303 g/mol. The van der Waals surface area contributed by atoms with Crippen molar-refractivity contribution in [3.8, 4) is 0 Å². The van der Waals surface area contributed by atoms with Gasteiger partial charge in [-0.05, 0) is 60.3 Å². The van der Waals surface area contributed by atoms with Crippen LogP contribution in [0.15, 0.2) is 15.9 Å². The maximum Gasteiger partial charge on any atom is 0.0325 e. The summed E-state index contributed by atoms with van der Waals surface area (Å²) in [5, 5.41) is 2.15. The van der Waals surface area contributed by atoms with Crippen molar-refractivity contribution in [2.24, 2.45) is 11.1 Å². The van der Waals surface area contributed by atoms with Gasteiger partial charge in [-0.25, -0.2) is 0 Å². The predicted octanol–water partition coefficient (Wildman–Crippen LogP) is 3.07. The molecular weight excluding hydrogens is 284 g/mol. The van der Waals surface area contributed by atoms with Crippen molar-refractivity contribution in [1.82, 2.24) is 4.90 Å². The second-order valence-electron chi connectivity index (χ2n) is 4.94. The van der Waals surface area contributed by atoms with E-state index in [2.05, 4.69) is 39.3 Å². The van der Waals surface area contributed by atoms with Crippen molar-refractivity contribution in [1.29, 1.82) is 0 Å². The summed E-state index contributed by atoms with van der Waals surface area (Å²) in [6.45, 7) is 3.08. The molecule has 90 valence electrons. The first kappa shape index (κ1) is 12.6. The van der Waals surface area contributed by atoms with Gasteiger partial charge in [0.05, 0.1) is 0 Å².